The lowest BCUT2D eigenvalue weighted by Crippen LogP contribution is -2.20. The van der Waals surface area contributed by atoms with Gasteiger partial charge in [0.15, 0.2) is 0 Å². The van der Waals surface area contributed by atoms with Gasteiger partial charge in [-0.15, -0.1) is 0 Å². The summed E-state index contributed by atoms with van der Waals surface area (Å²) in [5.41, 5.74) is 3.41. The summed E-state index contributed by atoms with van der Waals surface area (Å²) in [5, 5.41) is 3.04. The lowest BCUT2D eigenvalue weighted by molar-refractivity contribution is -0.137. The molecule has 112 valence electrons. The van der Waals surface area contributed by atoms with Gasteiger partial charge in [-0.2, -0.15) is 13.2 Å². The van der Waals surface area contributed by atoms with Crippen molar-refractivity contribution in [3.8, 4) is 0 Å². The third-order valence-electron chi connectivity index (χ3n) is 3.57. The van der Waals surface area contributed by atoms with Crippen molar-refractivity contribution in [1.82, 2.24) is 0 Å². The monoisotopic (exact) mass is 293 g/mol. The van der Waals surface area contributed by atoms with E-state index < -0.39 is 18.6 Å². The number of nitrogens with one attached hydrogen (secondary N) is 1. The topological polar surface area (TPSA) is 12.0 Å². The second kappa shape index (κ2) is 6.20. The van der Waals surface area contributed by atoms with Crippen molar-refractivity contribution >= 4 is 5.69 Å². The van der Waals surface area contributed by atoms with Gasteiger partial charge in [0.2, 0.25) is 0 Å². The van der Waals surface area contributed by atoms with Gasteiger partial charge in [-0.05, 0) is 36.6 Å². The molecule has 0 aromatic heterocycles. The fourth-order valence-electron chi connectivity index (χ4n) is 2.26. The van der Waals surface area contributed by atoms with Crippen LogP contribution in [-0.4, -0.2) is 6.18 Å². The minimum Gasteiger partial charge on any atom is -0.378 e. The van der Waals surface area contributed by atoms with E-state index in [1.54, 1.807) is 30.3 Å². The maximum atomic E-state index is 12.8. The molecule has 1 atom stereocenters. The van der Waals surface area contributed by atoms with E-state index in [1.165, 1.54) is 0 Å². The molecule has 0 spiro atoms. The highest BCUT2D eigenvalue weighted by atomic mass is 19.4. The van der Waals surface area contributed by atoms with Gasteiger partial charge in [0.1, 0.15) is 0 Å². The van der Waals surface area contributed by atoms with Gasteiger partial charge in [-0.1, -0.05) is 42.5 Å². The lowest BCUT2D eigenvalue weighted by Gasteiger charge is -2.23. The lowest BCUT2D eigenvalue weighted by atomic mass is 10.0. The molecule has 21 heavy (non-hydrogen) atoms. The summed E-state index contributed by atoms with van der Waals surface area (Å²) < 4.78 is 38.5. The van der Waals surface area contributed by atoms with E-state index in [0.29, 0.717) is 5.56 Å². The van der Waals surface area contributed by atoms with Crippen molar-refractivity contribution in [2.24, 2.45) is 0 Å². The Kier molecular flexibility index (Phi) is 4.56. The van der Waals surface area contributed by atoms with Crippen molar-refractivity contribution in [3.05, 3.63) is 65.2 Å². The largest absolute Gasteiger partial charge is 0.391 e. The first-order valence-corrected chi connectivity index (χ1v) is 6.81. The SMILES string of the molecule is Cc1cccc(NC(CC(F)(F)F)c2ccccc2)c1C. The summed E-state index contributed by atoms with van der Waals surface area (Å²) in [6.07, 6.45) is -5.12. The molecule has 0 aliphatic rings. The number of alkyl halides is 3. The van der Waals surface area contributed by atoms with Gasteiger partial charge >= 0.3 is 6.18 Å². The standard InChI is InChI=1S/C17H18F3N/c1-12-7-6-10-15(13(12)2)21-16(11-17(18,19)20)14-8-4-3-5-9-14/h3-10,16,21H,11H2,1-2H3. The van der Waals surface area contributed by atoms with Crippen molar-refractivity contribution in [2.75, 3.05) is 5.32 Å². The maximum Gasteiger partial charge on any atom is 0.391 e. The van der Waals surface area contributed by atoms with Crippen LogP contribution in [0.3, 0.4) is 0 Å². The zero-order valence-corrected chi connectivity index (χ0v) is 12.0. The van der Waals surface area contributed by atoms with E-state index in [0.717, 1.165) is 16.8 Å². The number of rotatable bonds is 4. The van der Waals surface area contributed by atoms with Crippen LogP contribution in [0.5, 0.6) is 0 Å². The quantitative estimate of drug-likeness (QED) is 0.794. The molecule has 1 nitrogen and oxygen atoms in total. The highest BCUT2D eigenvalue weighted by Crippen LogP contribution is 2.33. The average Bonchev–Trinajstić information content (AvgIpc) is 2.42. The molecule has 0 bridgehead atoms. The summed E-state index contributed by atoms with van der Waals surface area (Å²) in [6, 6.07) is 13.6. The van der Waals surface area contributed by atoms with Gasteiger partial charge in [0.25, 0.3) is 0 Å². The Labute approximate surface area is 122 Å². The molecular formula is C17H18F3N. The molecule has 1 unspecified atom stereocenters. The first kappa shape index (κ1) is 15.4. The van der Waals surface area contributed by atoms with Crippen LogP contribution in [0.2, 0.25) is 0 Å². The van der Waals surface area contributed by atoms with E-state index in [-0.39, 0.29) is 0 Å². The zero-order valence-electron chi connectivity index (χ0n) is 12.0. The molecule has 2 aromatic carbocycles. The first-order chi connectivity index (χ1) is 9.87. The fourth-order valence-corrected chi connectivity index (χ4v) is 2.26. The minimum absolute atomic E-state index is 0.635. The Bertz CT molecular complexity index is 591. The Morgan fingerprint density at radius 1 is 0.952 bits per heavy atom. The zero-order chi connectivity index (χ0) is 15.5. The second-order valence-corrected chi connectivity index (χ2v) is 5.17. The number of aryl methyl sites for hydroxylation is 1. The summed E-state index contributed by atoms with van der Waals surface area (Å²) in [7, 11) is 0. The average molecular weight is 293 g/mol. The summed E-state index contributed by atoms with van der Waals surface area (Å²) >= 11 is 0. The molecule has 0 fully saturated rings. The van der Waals surface area contributed by atoms with Crippen LogP contribution in [0.15, 0.2) is 48.5 Å². The van der Waals surface area contributed by atoms with Gasteiger partial charge in [0.05, 0.1) is 12.5 Å². The van der Waals surface area contributed by atoms with Crippen LogP contribution < -0.4 is 5.32 Å². The maximum absolute atomic E-state index is 12.8. The van der Waals surface area contributed by atoms with Crippen LogP contribution >= 0.6 is 0 Å². The van der Waals surface area contributed by atoms with E-state index >= 15 is 0 Å². The second-order valence-electron chi connectivity index (χ2n) is 5.17. The molecular weight excluding hydrogens is 275 g/mol. The Morgan fingerprint density at radius 3 is 2.24 bits per heavy atom. The molecule has 2 aromatic rings. The molecule has 0 amide bonds. The third kappa shape index (κ3) is 4.25. The Balaban J connectivity index is 2.30. The normalized spacial score (nSPS) is 13.0. The molecule has 1 N–H and O–H groups in total. The van der Waals surface area contributed by atoms with Crippen LogP contribution in [0.25, 0.3) is 0 Å². The Morgan fingerprint density at radius 2 is 1.62 bits per heavy atom. The van der Waals surface area contributed by atoms with Crippen LogP contribution in [0.4, 0.5) is 18.9 Å². The molecule has 2 rings (SSSR count). The van der Waals surface area contributed by atoms with Gasteiger partial charge in [0, 0.05) is 5.69 Å². The number of halogens is 3. The van der Waals surface area contributed by atoms with E-state index in [9.17, 15) is 13.2 Å². The van der Waals surface area contributed by atoms with E-state index in [2.05, 4.69) is 5.32 Å². The van der Waals surface area contributed by atoms with Crippen molar-refractivity contribution < 1.29 is 13.2 Å². The van der Waals surface area contributed by atoms with E-state index in [4.69, 9.17) is 0 Å². The molecule has 0 aliphatic carbocycles. The van der Waals surface area contributed by atoms with E-state index in [1.807, 2.05) is 32.0 Å². The highest BCUT2D eigenvalue weighted by Gasteiger charge is 2.32. The predicted octanol–water partition coefficient (Wildman–Crippen LogP) is 5.41. The molecule has 0 aliphatic heterocycles. The summed E-state index contributed by atoms with van der Waals surface area (Å²) in [4.78, 5) is 0. The van der Waals surface area contributed by atoms with Crippen LogP contribution in [-0.2, 0) is 0 Å². The van der Waals surface area contributed by atoms with Gasteiger partial charge < -0.3 is 5.32 Å². The van der Waals surface area contributed by atoms with Crippen molar-refractivity contribution in [2.45, 2.75) is 32.5 Å². The third-order valence-corrected chi connectivity index (χ3v) is 3.57. The fraction of sp³-hybridized carbons (Fsp3) is 0.294. The first-order valence-electron chi connectivity index (χ1n) is 6.81. The summed E-state index contributed by atoms with van der Waals surface area (Å²) in [5.74, 6) is 0. The Hall–Kier alpha value is -1.97. The highest BCUT2D eigenvalue weighted by molar-refractivity contribution is 5.55. The van der Waals surface area contributed by atoms with Crippen LogP contribution in [0.1, 0.15) is 29.2 Å². The number of benzene rings is 2. The molecule has 4 heteroatoms. The molecule has 0 saturated heterocycles. The van der Waals surface area contributed by atoms with Crippen molar-refractivity contribution in [3.63, 3.8) is 0 Å². The smallest absolute Gasteiger partial charge is 0.378 e. The van der Waals surface area contributed by atoms with Crippen molar-refractivity contribution in [1.29, 1.82) is 0 Å². The van der Waals surface area contributed by atoms with Crippen LogP contribution in [0, 0.1) is 13.8 Å². The minimum atomic E-state index is -4.22. The van der Waals surface area contributed by atoms with Gasteiger partial charge in [-0.25, -0.2) is 0 Å². The molecule has 0 saturated carbocycles. The van der Waals surface area contributed by atoms with Gasteiger partial charge in [-0.3, -0.25) is 0 Å². The number of hydrogen-bond donors (Lipinski definition) is 1. The number of anilines is 1. The predicted molar refractivity (Wildman–Crippen MR) is 79.4 cm³/mol. The molecule has 0 heterocycles. The summed E-state index contributed by atoms with van der Waals surface area (Å²) in [6.45, 7) is 3.86. The molecule has 0 radical (unpaired) electrons. The number of hydrogen-bond acceptors (Lipinski definition) is 1.